The van der Waals surface area contributed by atoms with Gasteiger partial charge in [0, 0.05) is 0 Å². The molecule has 2 unspecified atom stereocenters. The van der Waals surface area contributed by atoms with E-state index >= 15 is 0 Å². The standard InChI is InChI=1S/C5H13NO2/c1-2-3-4(7)5(6)8/h4-5,7-8H,2-3,6H2,1H3. The van der Waals surface area contributed by atoms with Crippen LogP contribution in [0.25, 0.3) is 0 Å². The first-order valence-electron chi connectivity index (χ1n) is 2.80. The van der Waals surface area contributed by atoms with Gasteiger partial charge in [0.15, 0.2) is 0 Å². The Labute approximate surface area is 49.1 Å². The lowest BCUT2D eigenvalue weighted by Crippen LogP contribution is -2.33. The van der Waals surface area contributed by atoms with Crippen LogP contribution >= 0.6 is 0 Å². The first kappa shape index (κ1) is 7.88. The molecule has 0 aromatic carbocycles. The van der Waals surface area contributed by atoms with Crippen LogP contribution in [0.1, 0.15) is 19.8 Å². The van der Waals surface area contributed by atoms with Crippen molar-refractivity contribution in [2.75, 3.05) is 0 Å². The Morgan fingerprint density at radius 2 is 2.00 bits per heavy atom. The van der Waals surface area contributed by atoms with Crippen LogP contribution in [0.15, 0.2) is 0 Å². The van der Waals surface area contributed by atoms with E-state index in [0.717, 1.165) is 6.42 Å². The third-order valence-electron chi connectivity index (χ3n) is 0.979. The Morgan fingerprint density at radius 3 is 2.12 bits per heavy atom. The van der Waals surface area contributed by atoms with E-state index in [2.05, 4.69) is 0 Å². The number of aliphatic hydroxyl groups excluding tert-OH is 2. The third-order valence-corrected chi connectivity index (χ3v) is 0.979. The van der Waals surface area contributed by atoms with Gasteiger partial charge < -0.3 is 15.9 Å². The van der Waals surface area contributed by atoms with Crippen LogP contribution in [0.2, 0.25) is 0 Å². The monoisotopic (exact) mass is 119 g/mol. The molecule has 0 aliphatic carbocycles. The number of aliphatic hydroxyl groups is 2. The summed E-state index contributed by atoms with van der Waals surface area (Å²) in [4.78, 5) is 0. The van der Waals surface area contributed by atoms with Crippen molar-refractivity contribution in [1.82, 2.24) is 0 Å². The fourth-order valence-corrected chi connectivity index (χ4v) is 0.467. The fourth-order valence-electron chi connectivity index (χ4n) is 0.467. The lowest BCUT2D eigenvalue weighted by atomic mass is 10.2. The lowest BCUT2D eigenvalue weighted by Gasteiger charge is -2.10. The van der Waals surface area contributed by atoms with Crippen LogP contribution in [0.5, 0.6) is 0 Å². The number of hydrogen-bond donors (Lipinski definition) is 3. The molecule has 50 valence electrons. The highest BCUT2D eigenvalue weighted by Crippen LogP contribution is 1.96. The summed E-state index contributed by atoms with van der Waals surface area (Å²) in [5.41, 5.74) is 4.93. The minimum Gasteiger partial charge on any atom is -0.389 e. The second kappa shape index (κ2) is 3.83. The van der Waals surface area contributed by atoms with Gasteiger partial charge in [0.1, 0.15) is 6.23 Å². The summed E-state index contributed by atoms with van der Waals surface area (Å²) in [6, 6.07) is 0. The Kier molecular flexibility index (Phi) is 3.77. The van der Waals surface area contributed by atoms with Crippen LogP contribution in [0.3, 0.4) is 0 Å². The molecule has 0 bridgehead atoms. The second-order valence-corrected chi connectivity index (χ2v) is 1.85. The van der Waals surface area contributed by atoms with Crippen molar-refractivity contribution in [3.63, 3.8) is 0 Å². The molecule has 0 radical (unpaired) electrons. The molecule has 0 aliphatic rings. The molecule has 0 saturated heterocycles. The maximum absolute atomic E-state index is 8.75. The second-order valence-electron chi connectivity index (χ2n) is 1.85. The van der Waals surface area contributed by atoms with E-state index in [1.54, 1.807) is 0 Å². The summed E-state index contributed by atoms with van der Waals surface area (Å²) in [6.45, 7) is 1.92. The zero-order chi connectivity index (χ0) is 6.57. The van der Waals surface area contributed by atoms with Crippen molar-refractivity contribution >= 4 is 0 Å². The fraction of sp³-hybridized carbons (Fsp3) is 1.00. The minimum atomic E-state index is -1.07. The molecule has 0 spiro atoms. The van der Waals surface area contributed by atoms with Crippen molar-refractivity contribution in [3.05, 3.63) is 0 Å². The molecule has 0 aromatic rings. The minimum absolute atomic E-state index is 0.567. The molecular weight excluding hydrogens is 106 g/mol. The highest BCUT2D eigenvalue weighted by Gasteiger charge is 2.07. The Hall–Kier alpha value is -0.120. The summed E-state index contributed by atoms with van der Waals surface area (Å²) in [5.74, 6) is 0. The van der Waals surface area contributed by atoms with Crippen LogP contribution in [-0.4, -0.2) is 22.5 Å². The van der Waals surface area contributed by atoms with E-state index in [0.29, 0.717) is 6.42 Å². The van der Waals surface area contributed by atoms with Gasteiger partial charge >= 0.3 is 0 Å². The predicted octanol–water partition coefficient (Wildman–Crippen LogP) is -0.576. The SMILES string of the molecule is CCCC(O)C(N)O. The molecule has 4 N–H and O–H groups in total. The Balaban J connectivity index is 3.17. The summed E-state index contributed by atoms with van der Waals surface area (Å²) in [5, 5.41) is 17.2. The number of nitrogens with two attached hydrogens (primary N) is 1. The molecule has 0 fully saturated rings. The third kappa shape index (κ3) is 2.96. The molecule has 8 heavy (non-hydrogen) atoms. The van der Waals surface area contributed by atoms with E-state index in [4.69, 9.17) is 15.9 Å². The van der Waals surface area contributed by atoms with Gasteiger partial charge in [-0.25, -0.2) is 0 Å². The first-order valence-corrected chi connectivity index (χ1v) is 2.80. The van der Waals surface area contributed by atoms with Gasteiger partial charge in [-0.15, -0.1) is 0 Å². The van der Waals surface area contributed by atoms with Gasteiger partial charge in [0.2, 0.25) is 0 Å². The van der Waals surface area contributed by atoms with E-state index in [9.17, 15) is 0 Å². The number of hydrogen-bond acceptors (Lipinski definition) is 3. The van der Waals surface area contributed by atoms with Gasteiger partial charge in [-0.2, -0.15) is 0 Å². The summed E-state index contributed by atoms with van der Waals surface area (Å²) >= 11 is 0. The summed E-state index contributed by atoms with van der Waals surface area (Å²) < 4.78 is 0. The van der Waals surface area contributed by atoms with E-state index in [1.165, 1.54) is 0 Å². The van der Waals surface area contributed by atoms with E-state index < -0.39 is 12.3 Å². The highest BCUT2D eigenvalue weighted by molar-refractivity contribution is 4.57. The normalized spacial score (nSPS) is 18.0. The average molecular weight is 119 g/mol. The molecule has 0 amide bonds. The first-order chi connectivity index (χ1) is 3.68. The molecular formula is C5H13NO2. The van der Waals surface area contributed by atoms with Gasteiger partial charge in [-0.1, -0.05) is 13.3 Å². The van der Waals surface area contributed by atoms with Gasteiger partial charge in [-0.3, -0.25) is 0 Å². The lowest BCUT2D eigenvalue weighted by molar-refractivity contribution is 0.0184. The Morgan fingerprint density at radius 1 is 1.50 bits per heavy atom. The van der Waals surface area contributed by atoms with Gasteiger partial charge in [0.05, 0.1) is 6.10 Å². The molecule has 0 rings (SSSR count). The van der Waals surface area contributed by atoms with Crippen LogP contribution in [0, 0.1) is 0 Å². The van der Waals surface area contributed by atoms with Crippen molar-refractivity contribution < 1.29 is 10.2 Å². The quantitative estimate of drug-likeness (QED) is 0.436. The zero-order valence-electron chi connectivity index (χ0n) is 5.04. The molecule has 3 heteroatoms. The molecule has 2 atom stereocenters. The largest absolute Gasteiger partial charge is 0.389 e. The number of rotatable bonds is 3. The summed E-state index contributed by atoms with van der Waals surface area (Å²) in [6.07, 6.45) is -0.414. The highest BCUT2D eigenvalue weighted by atomic mass is 16.3. The molecule has 0 heterocycles. The smallest absolute Gasteiger partial charge is 0.128 e. The van der Waals surface area contributed by atoms with Crippen LogP contribution in [-0.2, 0) is 0 Å². The van der Waals surface area contributed by atoms with Crippen molar-refractivity contribution in [2.45, 2.75) is 32.1 Å². The van der Waals surface area contributed by atoms with Gasteiger partial charge in [-0.05, 0) is 6.42 Å². The predicted molar refractivity (Wildman–Crippen MR) is 31.1 cm³/mol. The maximum Gasteiger partial charge on any atom is 0.128 e. The topological polar surface area (TPSA) is 66.5 Å². The molecule has 3 nitrogen and oxygen atoms in total. The van der Waals surface area contributed by atoms with Crippen molar-refractivity contribution in [2.24, 2.45) is 5.73 Å². The van der Waals surface area contributed by atoms with E-state index in [-0.39, 0.29) is 0 Å². The summed E-state index contributed by atoms with van der Waals surface area (Å²) in [7, 11) is 0. The molecule has 0 aromatic heterocycles. The Bertz CT molecular complexity index is 56.4. The van der Waals surface area contributed by atoms with E-state index in [1.807, 2.05) is 6.92 Å². The molecule has 0 aliphatic heterocycles. The van der Waals surface area contributed by atoms with Crippen LogP contribution < -0.4 is 5.73 Å². The van der Waals surface area contributed by atoms with Crippen LogP contribution in [0.4, 0.5) is 0 Å². The van der Waals surface area contributed by atoms with Gasteiger partial charge in [0.25, 0.3) is 0 Å². The zero-order valence-corrected chi connectivity index (χ0v) is 5.04. The molecule has 0 saturated carbocycles. The van der Waals surface area contributed by atoms with Crippen molar-refractivity contribution in [3.8, 4) is 0 Å². The maximum atomic E-state index is 8.75. The average Bonchev–Trinajstić information content (AvgIpc) is 1.67. The van der Waals surface area contributed by atoms with Crippen molar-refractivity contribution in [1.29, 1.82) is 0 Å².